The van der Waals surface area contributed by atoms with Crippen molar-refractivity contribution in [3.05, 3.63) is 59.1 Å². The number of carboxylic acid groups (broad SMARTS) is 1. The second-order valence-corrected chi connectivity index (χ2v) is 9.32. The Labute approximate surface area is 198 Å². The SMILES string of the molecule is CC(C)(NC(=O)[C@H]1CC[C@H](c2ccc(NC(=O)COc3ccc(Cl)cc3)cc2)CC1)C(=O)O. The van der Waals surface area contributed by atoms with Crippen LogP contribution in [0.15, 0.2) is 48.5 Å². The highest BCUT2D eigenvalue weighted by Gasteiger charge is 2.33. The summed E-state index contributed by atoms with van der Waals surface area (Å²) in [6.45, 7) is 2.88. The first-order valence-corrected chi connectivity index (χ1v) is 11.4. The smallest absolute Gasteiger partial charge is 0.328 e. The standard InChI is InChI=1S/C25H29ClN2O5/c1-25(2,24(31)32)28-23(30)18-5-3-16(4-6-18)17-7-11-20(12-8-17)27-22(29)15-33-21-13-9-19(26)10-14-21/h7-14,16,18H,3-6,15H2,1-2H3,(H,27,29)(H,28,30)(H,31,32)/t16-,18-. The normalized spacial score (nSPS) is 18.3. The van der Waals surface area contributed by atoms with E-state index in [-0.39, 0.29) is 24.3 Å². The number of nitrogens with one attached hydrogen (secondary N) is 2. The molecule has 8 heteroatoms. The van der Waals surface area contributed by atoms with Crippen LogP contribution in [0.25, 0.3) is 0 Å². The number of carboxylic acids is 1. The predicted molar refractivity (Wildman–Crippen MR) is 127 cm³/mol. The molecule has 0 aromatic heterocycles. The highest BCUT2D eigenvalue weighted by Crippen LogP contribution is 2.36. The molecule has 33 heavy (non-hydrogen) atoms. The first-order valence-electron chi connectivity index (χ1n) is 11.0. The summed E-state index contributed by atoms with van der Waals surface area (Å²) in [7, 11) is 0. The Kier molecular flexibility index (Phi) is 7.97. The fourth-order valence-corrected chi connectivity index (χ4v) is 3.99. The first kappa shape index (κ1) is 24.6. The molecule has 2 amide bonds. The lowest BCUT2D eigenvalue weighted by Gasteiger charge is -2.30. The summed E-state index contributed by atoms with van der Waals surface area (Å²) in [4.78, 5) is 35.8. The van der Waals surface area contributed by atoms with Crippen molar-refractivity contribution < 1.29 is 24.2 Å². The van der Waals surface area contributed by atoms with Gasteiger partial charge in [0.2, 0.25) is 5.91 Å². The zero-order chi connectivity index (χ0) is 24.0. The molecule has 0 aliphatic heterocycles. The number of benzene rings is 2. The van der Waals surface area contributed by atoms with E-state index in [0.717, 1.165) is 18.4 Å². The van der Waals surface area contributed by atoms with Crippen molar-refractivity contribution in [2.24, 2.45) is 5.92 Å². The van der Waals surface area contributed by atoms with Crippen molar-refractivity contribution in [1.82, 2.24) is 5.32 Å². The molecular weight excluding hydrogens is 444 g/mol. The number of ether oxygens (including phenoxy) is 1. The van der Waals surface area contributed by atoms with Gasteiger partial charge in [-0.1, -0.05) is 23.7 Å². The van der Waals surface area contributed by atoms with Crippen LogP contribution in [0.5, 0.6) is 5.75 Å². The minimum atomic E-state index is -1.27. The average Bonchev–Trinajstić information content (AvgIpc) is 2.79. The number of anilines is 1. The summed E-state index contributed by atoms with van der Waals surface area (Å²) < 4.78 is 5.45. The molecule has 176 valence electrons. The van der Waals surface area contributed by atoms with E-state index in [1.807, 2.05) is 24.3 Å². The fraction of sp³-hybridized carbons (Fsp3) is 0.400. The molecule has 1 aliphatic carbocycles. The largest absolute Gasteiger partial charge is 0.484 e. The Morgan fingerprint density at radius 3 is 2.18 bits per heavy atom. The van der Waals surface area contributed by atoms with Crippen molar-refractivity contribution in [1.29, 1.82) is 0 Å². The van der Waals surface area contributed by atoms with Crippen LogP contribution in [0.1, 0.15) is 51.0 Å². The van der Waals surface area contributed by atoms with Gasteiger partial charge in [0.1, 0.15) is 11.3 Å². The highest BCUT2D eigenvalue weighted by molar-refractivity contribution is 6.30. The molecule has 3 N–H and O–H groups in total. The van der Waals surface area contributed by atoms with Gasteiger partial charge in [0.25, 0.3) is 5.91 Å². The number of halogens is 1. The summed E-state index contributed by atoms with van der Waals surface area (Å²) in [6, 6.07) is 14.5. The number of carbonyl (C=O) groups excluding carboxylic acids is 2. The van der Waals surface area contributed by atoms with Crippen molar-refractivity contribution >= 4 is 35.1 Å². The van der Waals surface area contributed by atoms with Crippen LogP contribution in [-0.4, -0.2) is 35.0 Å². The molecule has 0 unspecified atom stereocenters. The van der Waals surface area contributed by atoms with Gasteiger partial charge in [0.15, 0.2) is 6.61 Å². The van der Waals surface area contributed by atoms with E-state index in [2.05, 4.69) is 10.6 Å². The summed E-state index contributed by atoms with van der Waals surface area (Å²) in [5, 5.41) is 15.2. The average molecular weight is 473 g/mol. The van der Waals surface area contributed by atoms with E-state index in [0.29, 0.717) is 35.2 Å². The Hall–Kier alpha value is -3.06. The van der Waals surface area contributed by atoms with E-state index in [9.17, 15) is 19.5 Å². The number of carbonyl (C=O) groups is 3. The van der Waals surface area contributed by atoms with Gasteiger partial charge in [-0.2, -0.15) is 0 Å². The van der Waals surface area contributed by atoms with Gasteiger partial charge in [-0.15, -0.1) is 0 Å². The van der Waals surface area contributed by atoms with Gasteiger partial charge in [-0.05, 0) is 87.4 Å². The quantitative estimate of drug-likeness (QED) is 0.520. The van der Waals surface area contributed by atoms with E-state index in [1.165, 1.54) is 13.8 Å². The molecule has 0 bridgehead atoms. The van der Waals surface area contributed by atoms with Crippen molar-refractivity contribution in [2.45, 2.75) is 51.0 Å². The molecule has 0 atom stereocenters. The summed E-state index contributed by atoms with van der Waals surface area (Å²) in [5.74, 6) is -0.763. The number of amides is 2. The minimum Gasteiger partial charge on any atom is -0.484 e. The summed E-state index contributed by atoms with van der Waals surface area (Å²) in [5.41, 5.74) is 0.580. The van der Waals surface area contributed by atoms with Crippen LogP contribution in [0.2, 0.25) is 5.02 Å². The van der Waals surface area contributed by atoms with Crippen molar-refractivity contribution in [3.8, 4) is 5.75 Å². The molecule has 7 nitrogen and oxygen atoms in total. The van der Waals surface area contributed by atoms with Crippen LogP contribution >= 0.6 is 11.6 Å². The molecule has 0 radical (unpaired) electrons. The van der Waals surface area contributed by atoms with Crippen LogP contribution in [0, 0.1) is 5.92 Å². The van der Waals surface area contributed by atoms with Gasteiger partial charge in [0, 0.05) is 16.6 Å². The van der Waals surface area contributed by atoms with E-state index < -0.39 is 11.5 Å². The van der Waals surface area contributed by atoms with E-state index in [1.54, 1.807) is 24.3 Å². The van der Waals surface area contributed by atoms with Crippen molar-refractivity contribution in [2.75, 3.05) is 11.9 Å². The molecule has 1 saturated carbocycles. The second kappa shape index (κ2) is 10.7. The lowest BCUT2D eigenvalue weighted by molar-refractivity contribution is -0.146. The summed E-state index contributed by atoms with van der Waals surface area (Å²) in [6.07, 6.45) is 3.14. The Balaban J connectivity index is 1.45. The predicted octanol–water partition coefficient (Wildman–Crippen LogP) is 4.61. The third-order valence-electron chi connectivity index (χ3n) is 5.92. The van der Waals surface area contributed by atoms with Gasteiger partial charge in [0.05, 0.1) is 0 Å². The lowest BCUT2D eigenvalue weighted by Crippen LogP contribution is -2.51. The highest BCUT2D eigenvalue weighted by atomic mass is 35.5. The van der Waals surface area contributed by atoms with Crippen LogP contribution in [0.3, 0.4) is 0 Å². The van der Waals surface area contributed by atoms with E-state index >= 15 is 0 Å². The second-order valence-electron chi connectivity index (χ2n) is 8.88. The Morgan fingerprint density at radius 2 is 1.61 bits per heavy atom. The zero-order valence-electron chi connectivity index (χ0n) is 18.8. The van der Waals surface area contributed by atoms with Crippen LogP contribution in [-0.2, 0) is 14.4 Å². The fourth-order valence-electron chi connectivity index (χ4n) is 3.87. The maximum Gasteiger partial charge on any atom is 0.328 e. The molecule has 1 fully saturated rings. The first-order chi connectivity index (χ1) is 15.6. The molecule has 1 aliphatic rings. The van der Waals surface area contributed by atoms with Gasteiger partial charge in [-0.3, -0.25) is 9.59 Å². The topological polar surface area (TPSA) is 105 Å². The molecule has 2 aromatic carbocycles. The number of rotatable bonds is 8. The number of aliphatic carboxylic acids is 1. The van der Waals surface area contributed by atoms with Gasteiger partial charge >= 0.3 is 5.97 Å². The molecular formula is C25H29ClN2O5. The zero-order valence-corrected chi connectivity index (χ0v) is 19.5. The lowest BCUT2D eigenvalue weighted by atomic mass is 9.78. The van der Waals surface area contributed by atoms with Crippen LogP contribution < -0.4 is 15.4 Å². The maximum absolute atomic E-state index is 12.4. The third-order valence-corrected chi connectivity index (χ3v) is 6.17. The van der Waals surface area contributed by atoms with Crippen molar-refractivity contribution in [3.63, 3.8) is 0 Å². The summed E-state index contributed by atoms with van der Waals surface area (Å²) >= 11 is 5.83. The molecule has 0 spiro atoms. The Bertz CT molecular complexity index is 981. The molecule has 3 rings (SSSR count). The molecule has 0 heterocycles. The molecule has 0 saturated heterocycles. The maximum atomic E-state index is 12.4. The van der Waals surface area contributed by atoms with Crippen LogP contribution in [0.4, 0.5) is 5.69 Å². The van der Waals surface area contributed by atoms with Gasteiger partial charge < -0.3 is 20.5 Å². The molecule has 2 aromatic rings. The minimum absolute atomic E-state index is 0.103. The monoisotopic (exact) mass is 472 g/mol. The van der Waals surface area contributed by atoms with E-state index in [4.69, 9.17) is 16.3 Å². The Morgan fingerprint density at radius 1 is 1.00 bits per heavy atom. The number of hydrogen-bond donors (Lipinski definition) is 3. The van der Waals surface area contributed by atoms with Gasteiger partial charge in [-0.25, -0.2) is 4.79 Å². The third kappa shape index (κ3) is 6.96. The number of hydrogen-bond acceptors (Lipinski definition) is 4.